The Morgan fingerprint density at radius 2 is 2.20 bits per heavy atom. The Balaban J connectivity index is 2.42. The van der Waals surface area contributed by atoms with Gasteiger partial charge >= 0.3 is 0 Å². The number of hydrogen-bond acceptors (Lipinski definition) is 3. The van der Waals surface area contributed by atoms with Gasteiger partial charge < -0.3 is 10.1 Å². The van der Waals surface area contributed by atoms with Crippen LogP contribution in [-0.4, -0.2) is 17.6 Å². The van der Waals surface area contributed by atoms with Crippen LogP contribution in [-0.2, 0) is 6.54 Å². The van der Waals surface area contributed by atoms with Crippen LogP contribution in [0.1, 0.15) is 32.9 Å². The van der Waals surface area contributed by atoms with E-state index in [0.29, 0.717) is 0 Å². The van der Waals surface area contributed by atoms with Gasteiger partial charge in [-0.2, -0.15) is 0 Å². The molecule has 0 unspecified atom stereocenters. The van der Waals surface area contributed by atoms with Crippen LogP contribution in [0.4, 0.5) is 0 Å². The molecule has 0 radical (unpaired) electrons. The lowest BCUT2D eigenvalue weighted by molar-refractivity contribution is 0.241. The minimum absolute atomic E-state index is 0.205. The summed E-state index contributed by atoms with van der Waals surface area (Å²) < 4.78 is 5.51. The molecule has 0 saturated heterocycles. The second-order valence-electron chi connectivity index (χ2n) is 3.83. The van der Waals surface area contributed by atoms with E-state index in [1.807, 2.05) is 26.0 Å². The molecule has 3 nitrogen and oxygen atoms in total. The quantitative estimate of drug-likeness (QED) is 0.729. The Morgan fingerprint density at radius 1 is 1.40 bits per heavy atom. The third-order valence-electron chi connectivity index (χ3n) is 1.90. The first-order valence-electron chi connectivity index (χ1n) is 5.54. The highest BCUT2D eigenvalue weighted by atomic mass is 16.5. The van der Waals surface area contributed by atoms with Crippen molar-refractivity contribution in [3.8, 4) is 5.75 Å². The molecule has 0 aromatic carbocycles. The standard InChI is InChI=1S/C12H20N2O/c1-4-7-13-8-11-5-6-12(9-14-11)15-10(2)3/h5-6,9-10,13H,4,7-8H2,1-3H3. The first-order chi connectivity index (χ1) is 7.22. The van der Waals surface area contributed by atoms with Crippen LogP contribution < -0.4 is 10.1 Å². The van der Waals surface area contributed by atoms with Gasteiger partial charge in [-0.25, -0.2) is 0 Å². The predicted molar refractivity (Wildman–Crippen MR) is 62.0 cm³/mol. The zero-order valence-corrected chi connectivity index (χ0v) is 9.79. The molecule has 1 rings (SSSR count). The molecule has 84 valence electrons. The van der Waals surface area contributed by atoms with Gasteiger partial charge in [0.2, 0.25) is 0 Å². The van der Waals surface area contributed by atoms with Crippen molar-refractivity contribution in [1.82, 2.24) is 10.3 Å². The average molecular weight is 208 g/mol. The summed E-state index contributed by atoms with van der Waals surface area (Å²) in [6.45, 7) is 8.04. The van der Waals surface area contributed by atoms with Gasteiger partial charge in [0.05, 0.1) is 18.0 Å². The second-order valence-corrected chi connectivity index (χ2v) is 3.83. The highest BCUT2D eigenvalue weighted by molar-refractivity contribution is 5.19. The topological polar surface area (TPSA) is 34.1 Å². The van der Waals surface area contributed by atoms with Crippen LogP contribution in [0.5, 0.6) is 5.75 Å². The molecular weight excluding hydrogens is 188 g/mol. The molecule has 1 aromatic rings. The Labute approximate surface area is 91.9 Å². The Morgan fingerprint density at radius 3 is 2.73 bits per heavy atom. The van der Waals surface area contributed by atoms with E-state index in [4.69, 9.17) is 4.74 Å². The van der Waals surface area contributed by atoms with Gasteiger partial charge in [0.1, 0.15) is 5.75 Å². The van der Waals surface area contributed by atoms with Crippen LogP contribution in [0.2, 0.25) is 0 Å². The third kappa shape index (κ3) is 4.79. The van der Waals surface area contributed by atoms with Crippen molar-refractivity contribution in [2.45, 2.75) is 39.8 Å². The smallest absolute Gasteiger partial charge is 0.137 e. The van der Waals surface area contributed by atoms with E-state index in [9.17, 15) is 0 Å². The van der Waals surface area contributed by atoms with Crippen LogP contribution in [0.3, 0.4) is 0 Å². The summed E-state index contributed by atoms with van der Waals surface area (Å²) in [5, 5.41) is 3.31. The average Bonchev–Trinajstić information content (AvgIpc) is 2.20. The van der Waals surface area contributed by atoms with E-state index in [0.717, 1.165) is 31.0 Å². The van der Waals surface area contributed by atoms with Crippen LogP contribution in [0.25, 0.3) is 0 Å². The molecule has 0 fully saturated rings. The Bertz CT molecular complexity index is 269. The summed E-state index contributed by atoms with van der Waals surface area (Å²) >= 11 is 0. The summed E-state index contributed by atoms with van der Waals surface area (Å²) in [6.07, 6.45) is 3.13. The summed E-state index contributed by atoms with van der Waals surface area (Å²) in [7, 11) is 0. The van der Waals surface area contributed by atoms with E-state index in [1.165, 1.54) is 0 Å². The molecule has 0 aliphatic carbocycles. The number of rotatable bonds is 6. The first-order valence-corrected chi connectivity index (χ1v) is 5.54. The van der Waals surface area contributed by atoms with E-state index in [2.05, 4.69) is 17.2 Å². The largest absolute Gasteiger partial charge is 0.489 e. The molecule has 1 heterocycles. The van der Waals surface area contributed by atoms with Crippen LogP contribution >= 0.6 is 0 Å². The highest BCUT2D eigenvalue weighted by Crippen LogP contribution is 2.10. The van der Waals surface area contributed by atoms with Gasteiger partial charge in [0.15, 0.2) is 0 Å². The number of nitrogens with one attached hydrogen (secondary N) is 1. The highest BCUT2D eigenvalue weighted by Gasteiger charge is 1.98. The summed E-state index contributed by atoms with van der Waals surface area (Å²) in [4.78, 5) is 4.32. The number of nitrogens with zero attached hydrogens (tertiary/aromatic N) is 1. The fourth-order valence-corrected chi connectivity index (χ4v) is 1.25. The Kier molecular flexibility index (Phi) is 5.12. The molecule has 0 aliphatic heterocycles. The summed E-state index contributed by atoms with van der Waals surface area (Å²) in [6, 6.07) is 3.97. The summed E-state index contributed by atoms with van der Waals surface area (Å²) in [5.41, 5.74) is 1.06. The third-order valence-corrected chi connectivity index (χ3v) is 1.90. The molecule has 0 atom stereocenters. The van der Waals surface area contributed by atoms with Gasteiger partial charge in [-0.15, -0.1) is 0 Å². The second kappa shape index (κ2) is 6.40. The number of hydrogen-bond donors (Lipinski definition) is 1. The lowest BCUT2D eigenvalue weighted by Gasteiger charge is -2.09. The van der Waals surface area contributed by atoms with Crippen molar-refractivity contribution < 1.29 is 4.74 Å². The van der Waals surface area contributed by atoms with E-state index in [-0.39, 0.29) is 6.10 Å². The lowest BCUT2D eigenvalue weighted by atomic mass is 10.3. The monoisotopic (exact) mass is 208 g/mol. The molecule has 0 spiro atoms. The van der Waals surface area contributed by atoms with Crippen molar-refractivity contribution in [3.63, 3.8) is 0 Å². The molecule has 0 bridgehead atoms. The molecule has 1 N–H and O–H groups in total. The molecule has 0 amide bonds. The molecule has 0 aliphatic rings. The maximum Gasteiger partial charge on any atom is 0.137 e. The fraction of sp³-hybridized carbons (Fsp3) is 0.583. The van der Waals surface area contributed by atoms with Gasteiger partial charge in [0, 0.05) is 6.54 Å². The van der Waals surface area contributed by atoms with Gasteiger partial charge in [-0.05, 0) is 38.9 Å². The molecule has 15 heavy (non-hydrogen) atoms. The molecular formula is C12H20N2O. The van der Waals surface area contributed by atoms with Crippen molar-refractivity contribution in [1.29, 1.82) is 0 Å². The molecule has 3 heteroatoms. The maximum atomic E-state index is 5.51. The SMILES string of the molecule is CCCNCc1ccc(OC(C)C)cn1. The van der Waals surface area contributed by atoms with Crippen molar-refractivity contribution in [2.75, 3.05) is 6.54 Å². The van der Waals surface area contributed by atoms with Crippen molar-refractivity contribution in [3.05, 3.63) is 24.0 Å². The zero-order chi connectivity index (χ0) is 11.1. The van der Waals surface area contributed by atoms with Gasteiger partial charge in [0.25, 0.3) is 0 Å². The minimum atomic E-state index is 0.205. The lowest BCUT2D eigenvalue weighted by Crippen LogP contribution is -2.14. The molecule has 1 aromatic heterocycles. The first kappa shape index (κ1) is 12.0. The van der Waals surface area contributed by atoms with E-state index in [1.54, 1.807) is 6.20 Å². The van der Waals surface area contributed by atoms with Gasteiger partial charge in [-0.3, -0.25) is 4.98 Å². The van der Waals surface area contributed by atoms with Gasteiger partial charge in [-0.1, -0.05) is 6.92 Å². The number of pyridine rings is 1. The fourth-order valence-electron chi connectivity index (χ4n) is 1.25. The molecule has 0 saturated carbocycles. The predicted octanol–water partition coefficient (Wildman–Crippen LogP) is 2.37. The van der Waals surface area contributed by atoms with Crippen LogP contribution in [0, 0.1) is 0 Å². The summed E-state index contributed by atoms with van der Waals surface area (Å²) in [5.74, 6) is 0.837. The van der Waals surface area contributed by atoms with E-state index >= 15 is 0 Å². The van der Waals surface area contributed by atoms with E-state index < -0.39 is 0 Å². The van der Waals surface area contributed by atoms with Crippen LogP contribution in [0.15, 0.2) is 18.3 Å². The van der Waals surface area contributed by atoms with Crippen molar-refractivity contribution >= 4 is 0 Å². The normalized spacial score (nSPS) is 10.7. The zero-order valence-electron chi connectivity index (χ0n) is 9.79. The number of ether oxygens (including phenoxy) is 1. The number of aromatic nitrogens is 1. The maximum absolute atomic E-state index is 5.51. The minimum Gasteiger partial charge on any atom is -0.489 e. The Hall–Kier alpha value is -1.09. The van der Waals surface area contributed by atoms with Crippen molar-refractivity contribution in [2.24, 2.45) is 0 Å².